The van der Waals surface area contributed by atoms with Gasteiger partial charge in [0.25, 0.3) is 5.69 Å². The lowest BCUT2D eigenvalue weighted by atomic mass is 9.92. The van der Waals surface area contributed by atoms with Gasteiger partial charge < -0.3 is 0 Å². The first-order valence-corrected chi connectivity index (χ1v) is 5.04. The molecular formula is C10H6N3O6. The number of hydrogen-bond acceptors (Lipinski definition) is 6. The fraction of sp³-hybridized carbons (Fsp3) is 0.100. The summed E-state index contributed by atoms with van der Waals surface area (Å²) in [6, 6.07) is 3.73. The number of non-ortho nitro benzene ring substituents is 1. The Morgan fingerprint density at radius 1 is 0.947 bits per heavy atom. The summed E-state index contributed by atoms with van der Waals surface area (Å²) < 4.78 is 0. The Bertz CT molecular complexity index is 636. The van der Waals surface area contributed by atoms with Crippen molar-refractivity contribution in [3.8, 4) is 0 Å². The summed E-state index contributed by atoms with van der Waals surface area (Å²) in [6.45, 7) is 0. The highest BCUT2D eigenvalue weighted by molar-refractivity contribution is 5.49. The second kappa shape index (κ2) is 4.44. The predicted octanol–water partition coefficient (Wildman–Crippen LogP) is 1.47. The van der Waals surface area contributed by atoms with E-state index in [4.69, 9.17) is 0 Å². The first-order valence-electron chi connectivity index (χ1n) is 5.04. The van der Waals surface area contributed by atoms with Crippen LogP contribution in [0.3, 0.4) is 0 Å². The van der Waals surface area contributed by atoms with E-state index in [1.807, 2.05) is 0 Å². The number of allylic oxidation sites excluding steroid dienone is 2. The van der Waals surface area contributed by atoms with E-state index in [9.17, 15) is 30.3 Å². The number of rotatable bonds is 3. The quantitative estimate of drug-likeness (QED) is 0.600. The number of nitro benzene ring substituents is 1. The average molecular weight is 264 g/mol. The molecule has 97 valence electrons. The van der Waals surface area contributed by atoms with Crippen molar-refractivity contribution in [2.24, 2.45) is 0 Å². The van der Waals surface area contributed by atoms with E-state index in [1.165, 1.54) is 18.2 Å². The van der Waals surface area contributed by atoms with E-state index in [0.717, 1.165) is 6.42 Å². The molecule has 9 nitrogen and oxygen atoms in total. The maximum absolute atomic E-state index is 10.8. The van der Waals surface area contributed by atoms with E-state index < -0.39 is 26.2 Å². The molecule has 2 rings (SSSR count). The summed E-state index contributed by atoms with van der Waals surface area (Å²) in [4.78, 5) is 29.9. The maximum atomic E-state index is 10.8. The molecule has 0 spiro atoms. The second-order valence-electron chi connectivity index (χ2n) is 3.81. The monoisotopic (exact) mass is 264 g/mol. The fourth-order valence-electron chi connectivity index (χ4n) is 1.82. The molecule has 1 aromatic rings. The summed E-state index contributed by atoms with van der Waals surface area (Å²) in [5.74, 6) is 0. The molecule has 0 unspecified atom stereocenters. The van der Waals surface area contributed by atoms with Crippen LogP contribution in [0.25, 0.3) is 0 Å². The van der Waals surface area contributed by atoms with Gasteiger partial charge in [-0.25, -0.2) is 0 Å². The van der Waals surface area contributed by atoms with Crippen LogP contribution >= 0.6 is 0 Å². The largest absolute Gasteiger partial charge is 0.327 e. The SMILES string of the molecule is O=[N+]([O-])C1=C([N+](=O)[O-])Cc2cc([N+](=O)[O-])ccc2[CH]1. The predicted molar refractivity (Wildman–Crippen MR) is 61.2 cm³/mol. The molecule has 0 bridgehead atoms. The van der Waals surface area contributed by atoms with Crippen LogP contribution in [-0.2, 0) is 6.42 Å². The molecule has 0 atom stereocenters. The van der Waals surface area contributed by atoms with Gasteiger partial charge >= 0.3 is 11.4 Å². The van der Waals surface area contributed by atoms with E-state index in [1.54, 1.807) is 0 Å². The van der Waals surface area contributed by atoms with Crippen LogP contribution in [-0.4, -0.2) is 14.8 Å². The van der Waals surface area contributed by atoms with Crippen molar-refractivity contribution in [3.63, 3.8) is 0 Å². The highest BCUT2D eigenvalue weighted by Crippen LogP contribution is 2.30. The molecule has 1 aliphatic rings. The summed E-state index contributed by atoms with van der Waals surface area (Å²) >= 11 is 0. The summed E-state index contributed by atoms with van der Waals surface area (Å²) in [5.41, 5.74) is -0.668. The third-order valence-corrected chi connectivity index (χ3v) is 2.70. The van der Waals surface area contributed by atoms with Crippen molar-refractivity contribution in [1.29, 1.82) is 0 Å². The van der Waals surface area contributed by atoms with Crippen molar-refractivity contribution in [3.05, 3.63) is 77.5 Å². The van der Waals surface area contributed by atoms with Crippen molar-refractivity contribution in [2.45, 2.75) is 6.42 Å². The minimum atomic E-state index is -0.837. The Morgan fingerprint density at radius 3 is 2.16 bits per heavy atom. The molecule has 0 N–H and O–H groups in total. The zero-order valence-electron chi connectivity index (χ0n) is 9.31. The summed E-state index contributed by atoms with van der Waals surface area (Å²) in [7, 11) is 0. The van der Waals surface area contributed by atoms with Crippen LogP contribution in [0.1, 0.15) is 11.1 Å². The van der Waals surface area contributed by atoms with Gasteiger partial charge in [0.2, 0.25) is 0 Å². The van der Waals surface area contributed by atoms with Crippen molar-refractivity contribution >= 4 is 5.69 Å². The lowest BCUT2D eigenvalue weighted by Crippen LogP contribution is -2.18. The fourth-order valence-corrected chi connectivity index (χ4v) is 1.82. The van der Waals surface area contributed by atoms with Gasteiger partial charge in [-0.1, -0.05) is 6.07 Å². The van der Waals surface area contributed by atoms with Crippen LogP contribution in [0.15, 0.2) is 29.6 Å². The molecule has 0 fully saturated rings. The molecule has 1 aromatic carbocycles. The van der Waals surface area contributed by atoms with E-state index in [0.29, 0.717) is 11.1 Å². The van der Waals surface area contributed by atoms with Crippen LogP contribution in [0.4, 0.5) is 5.69 Å². The number of nitro groups is 3. The zero-order chi connectivity index (χ0) is 14.2. The molecule has 0 saturated carbocycles. The van der Waals surface area contributed by atoms with E-state index in [2.05, 4.69) is 0 Å². The highest BCUT2D eigenvalue weighted by Gasteiger charge is 2.35. The van der Waals surface area contributed by atoms with Gasteiger partial charge in [-0.3, -0.25) is 30.3 Å². The van der Waals surface area contributed by atoms with Gasteiger partial charge in [-0.05, 0) is 11.1 Å². The smallest absolute Gasteiger partial charge is 0.258 e. The lowest BCUT2D eigenvalue weighted by Gasteiger charge is -2.12. The lowest BCUT2D eigenvalue weighted by molar-refractivity contribution is -0.470. The van der Waals surface area contributed by atoms with Crippen molar-refractivity contribution in [1.82, 2.24) is 0 Å². The topological polar surface area (TPSA) is 129 Å². The van der Waals surface area contributed by atoms with Gasteiger partial charge in [-0.2, -0.15) is 0 Å². The number of benzene rings is 1. The van der Waals surface area contributed by atoms with Gasteiger partial charge in [0.05, 0.1) is 27.6 Å². The minimum absolute atomic E-state index is 0.209. The van der Waals surface area contributed by atoms with Gasteiger partial charge in [0.15, 0.2) is 0 Å². The zero-order valence-corrected chi connectivity index (χ0v) is 9.31. The number of fused-ring (bicyclic) bond motifs is 1. The summed E-state index contributed by atoms with van der Waals surface area (Å²) in [5, 5.41) is 32.2. The van der Waals surface area contributed by atoms with Crippen molar-refractivity contribution < 1.29 is 14.8 Å². The molecule has 0 aliphatic heterocycles. The highest BCUT2D eigenvalue weighted by atomic mass is 16.6. The van der Waals surface area contributed by atoms with E-state index in [-0.39, 0.29) is 12.1 Å². The van der Waals surface area contributed by atoms with Gasteiger partial charge in [0, 0.05) is 12.1 Å². The third kappa shape index (κ3) is 2.25. The number of nitrogens with zero attached hydrogens (tertiary/aromatic N) is 3. The molecule has 0 saturated heterocycles. The average Bonchev–Trinajstić information content (AvgIpc) is 2.36. The number of hydrogen-bond donors (Lipinski definition) is 0. The van der Waals surface area contributed by atoms with Crippen LogP contribution in [0, 0.1) is 36.8 Å². The first kappa shape index (κ1) is 12.6. The van der Waals surface area contributed by atoms with Gasteiger partial charge in [-0.15, -0.1) is 0 Å². The third-order valence-electron chi connectivity index (χ3n) is 2.70. The molecule has 1 aliphatic carbocycles. The Morgan fingerprint density at radius 2 is 1.63 bits per heavy atom. The molecule has 9 heteroatoms. The maximum Gasteiger partial charge on any atom is 0.327 e. The molecular weight excluding hydrogens is 258 g/mol. The molecule has 0 heterocycles. The van der Waals surface area contributed by atoms with Crippen LogP contribution in [0.5, 0.6) is 0 Å². The standard InChI is InChI=1S/C10H6N3O6/c14-11(15)8-2-1-6-4-9(12(16)17)10(13(18)19)5-7(6)3-8/h1-4H,5H2. The van der Waals surface area contributed by atoms with Crippen LogP contribution < -0.4 is 0 Å². The Labute approximate surface area is 105 Å². The normalized spacial score (nSPS) is 13.9. The molecule has 19 heavy (non-hydrogen) atoms. The molecule has 1 radical (unpaired) electrons. The Balaban J connectivity index is 2.49. The Hall–Kier alpha value is -2.84. The molecule has 0 aromatic heterocycles. The second-order valence-corrected chi connectivity index (χ2v) is 3.81. The minimum Gasteiger partial charge on any atom is -0.258 e. The van der Waals surface area contributed by atoms with E-state index >= 15 is 0 Å². The van der Waals surface area contributed by atoms with Gasteiger partial charge in [0.1, 0.15) is 0 Å². The summed E-state index contributed by atoms with van der Waals surface area (Å²) in [6.07, 6.45) is 0.748. The van der Waals surface area contributed by atoms with Crippen LogP contribution in [0.2, 0.25) is 0 Å². The Kier molecular flexibility index (Phi) is 2.95. The molecule has 0 amide bonds. The first-order chi connectivity index (χ1) is 8.90. The van der Waals surface area contributed by atoms with Crippen molar-refractivity contribution in [2.75, 3.05) is 0 Å².